The van der Waals surface area contributed by atoms with E-state index in [1.54, 1.807) is 6.07 Å². The molecule has 0 heterocycles. The molecule has 0 radical (unpaired) electrons. The van der Waals surface area contributed by atoms with Gasteiger partial charge in [0, 0.05) is 0 Å². The number of nitrogens with zero attached hydrogens (tertiary/aromatic N) is 1. The number of hydrogen-bond acceptors (Lipinski definition) is 1. The van der Waals surface area contributed by atoms with Crippen LogP contribution in [0.3, 0.4) is 0 Å². The van der Waals surface area contributed by atoms with Crippen LogP contribution < -0.4 is 0 Å². The van der Waals surface area contributed by atoms with E-state index in [1.165, 1.54) is 50.7 Å². The zero-order valence-electron chi connectivity index (χ0n) is 13.8. The smallest absolute Gasteiger partial charge is 0.144 e. The molecule has 3 heteroatoms. The average molecular weight is 317 g/mol. The van der Waals surface area contributed by atoms with Crippen LogP contribution in [0.15, 0.2) is 12.1 Å². The molecular formula is C20H25F2N. The average Bonchev–Trinajstić information content (AvgIpc) is 2.55. The zero-order valence-corrected chi connectivity index (χ0v) is 13.8. The third-order valence-electron chi connectivity index (χ3n) is 6.15. The molecule has 2 aliphatic carbocycles. The van der Waals surface area contributed by atoms with E-state index < -0.39 is 17.2 Å². The summed E-state index contributed by atoms with van der Waals surface area (Å²) in [5, 5.41) is 8.77. The molecule has 0 unspecified atom stereocenters. The van der Waals surface area contributed by atoms with Crippen LogP contribution in [-0.2, 0) is 0 Å². The Hall–Kier alpha value is -1.43. The molecule has 3 rings (SSSR count). The van der Waals surface area contributed by atoms with Crippen LogP contribution in [0.1, 0.15) is 75.3 Å². The Balaban J connectivity index is 1.62. The molecule has 1 aromatic rings. The van der Waals surface area contributed by atoms with E-state index in [2.05, 4.69) is 6.92 Å². The highest BCUT2D eigenvalue weighted by atomic mass is 19.1. The second-order valence-corrected chi connectivity index (χ2v) is 7.60. The highest BCUT2D eigenvalue weighted by Crippen LogP contribution is 2.44. The Morgan fingerprint density at radius 3 is 1.83 bits per heavy atom. The minimum atomic E-state index is -0.717. The molecule has 0 N–H and O–H groups in total. The lowest BCUT2D eigenvalue weighted by molar-refractivity contribution is 0.165. The SMILES string of the molecule is C[C@H]1CC[C@H]([C@H]2CC[C@H](c3cc(F)c(C#N)c(F)c3)CC2)CC1. The Labute approximate surface area is 137 Å². The molecule has 1 aromatic carbocycles. The van der Waals surface area contributed by atoms with Crippen LogP contribution in [0.2, 0.25) is 0 Å². The van der Waals surface area contributed by atoms with Gasteiger partial charge in [0.15, 0.2) is 0 Å². The molecule has 0 spiro atoms. The fraction of sp³-hybridized carbons (Fsp3) is 0.650. The molecule has 0 aliphatic heterocycles. The monoisotopic (exact) mass is 317 g/mol. The largest absolute Gasteiger partial charge is 0.205 e. The lowest BCUT2D eigenvalue weighted by Crippen LogP contribution is -2.24. The van der Waals surface area contributed by atoms with Gasteiger partial charge in [-0.3, -0.25) is 0 Å². The Kier molecular flexibility index (Phi) is 4.99. The van der Waals surface area contributed by atoms with E-state index in [0.29, 0.717) is 0 Å². The first kappa shape index (κ1) is 16.4. The van der Waals surface area contributed by atoms with Crippen molar-refractivity contribution in [3.05, 3.63) is 34.9 Å². The van der Waals surface area contributed by atoms with Gasteiger partial charge in [0.1, 0.15) is 23.3 Å². The Bertz CT molecular complexity index is 565. The van der Waals surface area contributed by atoms with Crippen LogP contribution in [-0.4, -0.2) is 0 Å². The van der Waals surface area contributed by atoms with Crippen molar-refractivity contribution in [1.82, 2.24) is 0 Å². The third kappa shape index (κ3) is 3.57. The van der Waals surface area contributed by atoms with Crippen molar-refractivity contribution < 1.29 is 8.78 Å². The fourth-order valence-electron chi connectivity index (χ4n) is 4.62. The number of halogens is 2. The molecule has 0 amide bonds. The van der Waals surface area contributed by atoms with Crippen molar-refractivity contribution in [2.24, 2.45) is 17.8 Å². The third-order valence-corrected chi connectivity index (χ3v) is 6.15. The van der Waals surface area contributed by atoms with Gasteiger partial charge in [-0.05, 0) is 79.9 Å². The van der Waals surface area contributed by atoms with E-state index in [1.807, 2.05) is 0 Å². The number of hydrogen-bond donors (Lipinski definition) is 0. The van der Waals surface area contributed by atoms with Crippen LogP contribution >= 0.6 is 0 Å². The summed E-state index contributed by atoms with van der Waals surface area (Å²) in [7, 11) is 0. The quantitative estimate of drug-likeness (QED) is 0.662. The summed E-state index contributed by atoms with van der Waals surface area (Å²) in [4.78, 5) is 0. The van der Waals surface area contributed by atoms with E-state index in [4.69, 9.17) is 5.26 Å². The first-order chi connectivity index (χ1) is 11.1. The maximum atomic E-state index is 13.8. The minimum absolute atomic E-state index is 0.241. The molecule has 0 bridgehead atoms. The fourth-order valence-corrected chi connectivity index (χ4v) is 4.62. The summed E-state index contributed by atoms with van der Waals surface area (Å²) in [5.74, 6) is 1.35. The predicted molar refractivity (Wildman–Crippen MR) is 86.9 cm³/mol. The summed E-state index contributed by atoms with van der Waals surface area (Å²) in [5.41, 5.74) is 0.272. The van der Waals surface area contributed by atoms with E-state index in [9.17, 15) is 8.78 Å². The summed E-state index contributed by atoms with van der Waals surface area (Å²) >= 11 is 0. The van der Waals surface area contributed by atoms with Gasteiger partial charge in [-0.1, -0.05) is 19.8 Å². The van der Waals surface area contributed by atoms with E-state index in [0.717, 1.165) is 36.2 Å². The van der Waals surface area contributed by atoms with Crippen molar-refractivity contribution in [2.75, 3.05) is 0 Å². The molecule has 0 atom stereocenters. The van der Waals surface area contributed by atoms with Crippen LogP contribution in [0.25, 0.3) is 0 Å². The Morgan fingerprint density at radius 1 is 0.870 bits per heavy atom. The highest BCUT2D eigenvalue weighted by molar-refractivity contribution is 5.36. The van der Waals surface area contributed by atoms with Crippen LogP contribution in [0, 0.1) is 40.7 Å². The topological polar surface area (TPSA) is 23.8 Å². The summed E-state index contributed by atoms with van der Waals surface area (Å²) in [6, 6.07) is 4.34. The van der Waals surface area contributed by atoms with Gasteiger partial charge in [-0.15, -0.1) is 0 Å². The molecule has 0 saturated heterocycles. The van der Waals surface area contributed by atoms with Crippen molar-refractivity contribution in [2.45, 2.75) is 64.2 Å². The van der Waals surface area contributed by atoms with Crippen molar-refractivity contribution in [3.63, 3.8) is 0 Å². The molecule has 1 nitrogen and oxygen atoms in total. The second kappa shape index (κ2) is 6.99. The van der Waals surface area contributed by atoms with Gasteiger partial charge in [0.2, 0.25) is 0 Å². The van der Waals surface area contributed by atoms with Gasteiger partial charge in [-0.25, -0.2) is 8.78 Å². The summed E-state index contributed by atoms with van der Waals surface area (Å²) in [6.07, 6.45) is 9.81. The first-order valence-corrected chi connectivity index (χ1v) is 8.97. The van der Waals surface area contributed by atoms with Gasteiger partial charge in [-0.2, -0.15) is 5.26 Å². The van der Waals surface area contributed by atoms with Gasteiger partial charge in [0.25, 0.3) is 0 Å². The van der Waals surface area contributed by atoms with Gasteiger partial charge >= 0.3 is 0 Å². The molecule has 124 valence electrons. The van der Waals surface area contributed by atoms with Crippen LogP contribution in [0.4, 0.5) is 8.78 Å². The standard InChI is InChI=1S/C20H25F2N/c1-13-2-4-14(5-3-13)15-6-8-16(9-7-15)17-10-19(21)18(12-23)20(22)11-17/h10-11,13-16H,2-9H2,1H3/t13-,14-,15-,16-. The lowest BCUT2D eigenvalue weighted by atomic mass is 9.68. The maximum absolute atomic E-state index is 13.8. The normalized spacial score (nSPS) is 31.6. The van der Waals surface area contributed by atoms with Gasteiger partial charge in [0.05, 0.1) is 0 Å². The molecule has 23 heavy (non-hydrogen) atoms. The van der Waals surface area contributed by atoms with E-state index >= 15 is 0 Å². The first-order valence-electron chi connectivity index (χ1n) is 8.97. The minimum Gasteiger partial charge on any atom is -0.205 e. The molecular weight excluding hydrogens is 292 g/mol. The zero-order chi connectivity index (χ0) is 16.4. The lowest BCUT2D eigenvalue weighted by Gasteiger charge is -2.37. The number of rotatable bonds is 2. The second-order valence-electron chi connectivity index (χ2n) is 7.60. The van der Waals surface area contributed by atoms with Crippen molar-refractivity contribution in [3.8, 4) is 6.07 Å². The maximum Gasteiger partial charge on any atom is 0.144 e. The molecule has 2 fully saturated rings. The van der Waals surface area contributed by atoms with Crippen molar-refractivity contribution in [1.29, 1.82) is 5.26 Å². The summed E-state index contributed by atoms with van der Waals surface area (Å²) < 4.78 is 27.6. The van der Waals surface area contributed by atoms with Gasteiger partial charge < -0.3 is 0 Å². The number of nitriles is 1. The van der Waals surface area contributed by atoms with Crippen molar-refractivity contribution >= 4 is 0 Å². The highest BCUT2D eigenvalue weighted by Gasteiger charge is 2.30. The molecule has 0 aromatic heterocycles. The number of benzene rings is 1. The summed E-state index contributed by atoms with van der Waals surface area (Å²) in [6.45, 7) is 2.35. The van der Waals surface area contributed by atoms with E-state index in [-0.39, 0.29) is 5.92 Å². The molecule has 2 saturated carbocycles. The molecule has 2 aliphatic rings. The van der Waals surface area contributed by atoms with Crippen LogP contribution in [0.5, 0.6) is 0 Å². The Morgan fingerprint density at radius 2 is 1.35 bits per heavy atom. The predicted octanol–water partition coefficient (Wildman–Crippen LogP) is 5.94.